The predicted molar refractivity (Wildman–Crippen MR) is 129 cm³/mol. The van der Waals surface area contributed by atoms with Crippen LogP contribution in [0.2, 0.25) is 0 Å². The molecule has 5 aromatic heterocycles. The second-order valence-electron chi connectivity index (χ2n) is 8.03. The van der Waals surface area contributed by atoms with Gasteiger partial charge in [-0.15, -0.1) is 0 Å². The Hall–Kier alpha value is -4.08. The van der Waals surface area contributed by atoms with E-state index in [-0.39, 0.29) is 0 Å². The standard InChI is InChI=1S/C23H26N10/c1-5-32(6-2)23-17-19(24)27-21(28-20(17)29-30-23)18-15-10-13(3)11-26-22(15)33(31-18)12-16-14(4)8-7-9-25-16/h7-11H,5-6,12H2,1-4H3,(H3,24,27,28,29,30). The Kier molecular flexibility index (Phi) is 5.12. The molecule has 5 heterocycles. The molecule has 0 bridgehead atoms. The Bertz CT molecular complexity index is 1460. The molecule has 0 amide bonds. The Morgan fingerprint density at radius 2 is 1.94 bits per heavy atom. The summed E-state index contributed by atoms with van der Waals surface area (Å²) in [5, 5.41) is 13.9. The zero-order valence-electron chi connectivity index (χ0n) is 19.2. The van der Waals surface area contributed by atoms with Gasteiger partial charge < -0.3 is 10.6 Å². The summed E-state index contributed by atoms with van der Waals surface area (Å²) in [5.74, 6) is 1.57. The van der Waals surface area contributed by atoms with Crippen LogP contribution in [0.3, 0.4) is 0 Å². The van der Waals surface area contributed by atoms with Gasteiger partial charge in [0.15, 0.2) is 22.9 Å². The van der Waals surface area contributed by atoms with Crippen molar-refractivity contribution < 1.29 is 0 Å². The molecular weight excluding hydrogens is 416 g/mol. The largest absolute Gasteiger partial charge is 0.383 e. The maximum atomic E-state index is 6.41. The van der Waals surface area contributed by atoms with Crippen molar-refractivity contribution in [2.24, 2.45) is 0 Å². The van der Waals surface area contributed by atoms with Crippen molar-refractivity contribution in [2.75, 3.05) is 23.7 Å². The van der Waals surface area contributed by atoms with Crippen molar-refractivity contribution in [3.63, 3.8) is 0 Å². The van der Waals surface area contributed by atoms with Gasteiger partial charge in [-0.3, -0.25) is 10.1 Å². The van der Waals surface area contributed by atoms with Gasteiger partial charge in [0.05, 0.1) is 17.6 Å². The normalized spacial score (nSPS) is 11.5. The molecule has 0 aromatic carbocycles. The molecule has 5 rings (SSSR count). The van der Waals surface area contributed by atoms with Crippen LogP contribution in [0.4, 0.5) is 11.6 Å². The maximum Gasteiger partial charge on any atom is 0.184 e. The summed E-state index contributed by atoms with van der Waals surface area (Å²) in [5.41, 5.74) is 11.4. The molecule has 0 atom stereocenters. The fourth-order valence-corrected chi connectivity index (χ4v) is 4.06. The minimum absolute atomic E-state index is 0.370. The molecule has 10 heteroatoms. The van der Waals surface area contributed by atoms with E-state index in [1.807, 2.05) is 42.9 Å². The first-order chi connectivity index (χ1) is 16.0. The molecule has 0 radical (unpaired) electrons. The van der Waals surface area contributed by atoms with Gasteiger partial charge >= 0.3 is 0 Å². The molecule has 10 nitrogen and oxygen atoms in total. The molecule has 0 fully saturated rings. The van der Waals surface area contributed by atoms with E-state index in [0.29, 0.717) is 29.5 Å². The highest BCUT2D eigenvalue weighted by Gasteiger charge is 2.21. The van der Waals surface area contributed by atoms with Crippen LogP contribution in [-0.2, 0) is 6.54 Å². The van der Waals surface area contributed by atoms with Gasteiger partial charge in [-0.2, -0.15) is 10.2 Å². The van der Waals surface area contributed by atoms with Crippen LogP contribution in [0, 0.1) is 13.8 Å². The summed E-state index contributed by atoms with van der Waals surface area (Å²) >= 11 is 0. The van der Waals surface area contributed by atoms with Crippen LogP contribution in [-0.4, -0.2) is 53.0 Å². The summed E-state index contributed by atoms with van der Waals surface area (Å²) in [6, 6.07) is 6.01. The van der Waals surface area contributed by atoms with Gasteiger partial charge in [-0.1, -0.05) is 6.07 Å². The smallest absolute Gasteiger partial charge is 0.184 e. The van der Waals surface area contributed by atoms with E-state index in [2.05, 4.69) is 43.9 Å². The van der Waals surface area contributed by atoms with E-state index in [0.717, 1.165) is 52.1 Å². The number of H-pyrrole nitrogens is 1. The maximum absolute atomic E-state index is 6.41. The van der Waals surface area contributed by atoms with Crippen molar-refractivity contribution in [3.05, 3.63) is 47.4 Å². The van der Waals surface area contributed by atoms with Crippen molar-refractivity contribution in [1.82, 2.24) is 39.9 Å². The van der Waals surface area contributed by atoms with E-state index in [4.69, 9.17) is 15.8 Å². The van der Waals surface area contributed by atoms with E-state index in [1.165, 1.54) is 0 Å². The molecule has 0 saturated heterocycles. The van der Waals surface area contributed by atoms with Crippen LogP contribution in [0.5, 0.6) is 0 Å². The fourth-order valence-electron chi connectivity index (χ4n) is 4.06. The highest BCUT2D eigenvalue weighted by molar-refractivity contribution is 5.98. The lowest BCUT2D eigenvalue weighted by Crippen LogP contribution is -2.22. The number of anilines is 2. The predicted octanol–water partition coefficient (Wildman–Crippen LogP) is 3.25. The molecule has 5 aromatic rings. The zero-order valence-corrected chi connectivity index (χ0v) is 19.2. The minimum Gasteiger partial charge on any atom is -0.383 e. The Labute approximate surface area is 190 Å². The summed E-state index contributed by atoms with van der Waals surface area (Å²) < 4.78 is 1.84. The molecule has 0 saturated carbocycles. The van der Waals surface area contributed by atoms with Gasteiger partial charge in [0.25, 0.3) is 0 Å². The number of nitrogen functional groups attached to an aromatic ring is 1. The first-order valence-electron chi connectivity index (χ1n) is 11.0. The van der Waals surface area contributed by atoms with Crippen molar-refractivity contribution >= 4 is 33.7 Å². The molecule has 3 N–H and O–H groups in total. The number of nitrogens with zero attached hydrogens (tertiary/aromatic N) is 8. The van der Waals surface area contributed by atoms with Crippen LogP contribution in [0.1, 0.15) is 30.7 Å². The number of aryl methyl sites for hydroxylation is 2. The van der Waals surface area contributed by atoms with Gasteiger partial charge in [-0.05, 0) is 51.0 Å². The number of pyridine rings is 2. The number of nitrogens with two attached hydrogens (primary N) is 1. The molecule has 0 aliphatic rings. The van der Waals surface area contributed by atoms with E-state index < -0.39 is 0 Å². The van der Waals surface area contributed by atoms with Crippen LogP contribution < -0.4 is 10.6 Å². The molecule has 168 valence electrons. The topological polar surface area (TPSA) is 127 Å². The first kappa shape index (κ1) is 20.8. The Morgan fingerprint density at radius 1 is 1.12 bits per heavy atom. The van der Waals surface area contributed by atoms with E-state index in [1.54, 1.807) is 6.20 Å². The quantitative estimate of drug-likeness (QED) is 0.410. The highest BCUT2D eigenvalue weighted by Crippen LogP contribution is 2.32. The molecule has 0 unspecified atom stereocenters. The van der Waals surface area contributed by atoms with Crippen molar-refractivity contribution in [1.29, 1.82) is 0 Å². The molecule has 33 heavy (non-hydrogen) atoms. The zero-order chi connectivity index (χ0) is 23.1. The minimum atomic E-state index is 0.370. The third kappa shape index (κ3) is 3.53. The third-order valence-corrected chi connectivity index (χ3v) is 5.84. The second-order valence-corrected chi connectivity index (χ2v) is 8.03. The average Bonchev–Trinajstić information content (AvgIpc) is 3.38. The number of fused-ring (bicyclic) bond motifs is 2. The number of aromatic nitrogens is 8. The van der Waals surface area contributed by atoms with Gasteiger partial charge in [0, 0.05) is 25.5 Å². The second kappa shape index (κ2) is 8.12. The van der Waals surface area contributed by atoms with E-state index >= 15 is 0 Å². The monoisotopic (exact) mass is 442 g/mol. The first-order valence-corrected chi connectivity index (χ1v) is 11.0. The van der Waals surface area contributed by atoms with Crippen LogP contribution in [0.25, 0.3) is 33.6 Å². The lowest BCUT2D eigenvalue weighted by molar-refractivity contribution is 0.687. The average molecular weight is 443 g/mol. The Balaban J connectivity index is 1.67. The SMILES string of the molecule is CCN(CC)c1n[nH]c2nc(-c3nn(Cc4ncccc4C)c4ncc(C)cc34)nc(N)c12. The Morgan fingerprint density at radius 3 is 2.70 bits per heavy atom. The highest BCUT2D eigenvalue weighted by atomic mass is 15.3. The molecule has 0 aliphatic heterocycles. The van der Waals surface area contributed by atoms with Gasteiger partial charge in [0.2, 0.25) is 0 Å². The molecule has 0 aliphatic carbocycles. The summed E-state index contributed by atoms with van der Waals surface area (Å²) in [4.78, 5) is 20.6. The number of rotatable bonds is 6. The lowest BCUT2D eigenvalue weighted by atomic mass is 10.2. The fraction of sp³-hybridized carbons (Fsp3) is 0.304. The number of hydrogen-bond donors (Lipinski definition) is 2. The summed E-state index contributed by atoms with van der Waals surface area (Å²) in [7, 11) is 0. The lowest BCUT2D eigenvalue weighted by Gasteiger charge is -2.18. The van der Waals surface area contributed by atoms with Crippen molar-refractivity contribution in [3.8, 4) is 11.5 Å². The van der Waals surface area contributed by atoms with Crippen LogP contribution >= 0.6 is 0 Å². The number of aromatic amines is 1. The molecule has 0 spiro atoms. The number of nitrogens with one attached hydrogen (secondary N) is 1. The van der Waals surface area contributed by atoms with Crippen LogP contribution in [0.15, 0.2) is 30.6 Å². The van der Waals surface area contributed by atoms with Gasteiger partial charge in [-0.25, -0.2) is 19.6 Å². The van der Waals surface area contributed by atoms with Crippen molar-refractivity contribution in [2.45, 2.75) is 34.2 Å². The molecular formula is C23H26N10. The van der Waals surface area contributed by atoms with E-state index in [9.17, 15) is 0 Å². The summed E-state index contributed by atoms with van der Waals surface area (Å²) in [6.45, 7) is 10.3. The number of hydrogen-bond acceptors (Lipinski definition) is 8. The van der Waals surface area contributed by atoms with Gasteiger partial charge in [0.1, 0.15) is 16.9 Å². The third-order valence-electron chi connectivity index (χ3n) is 5.84. The summed E-state index contributed by atoms with van der Waals surface area (Å²) in [6.07, 6.45) is 3.62.